The van der Waals surface area contributed by atoms with Crippen molar-refractivity contribution in [1.29, 1.82) is 0 Å². The highest BCUT2D eigenvalue weighted by Crippen LogP contribution is 2.35. The fraction of sp³-hybridized carbons (Fsp3) is 0.625. The molecule has 104 valence electrons. The van der Waals surface area contributed by atoms with Crippen molar-refractivity contribution in [2.75, 3.05) is 32.1 Å². The molecule has 1 aromatic rings. The highest BCUT2D eigenvalue weighted by molar-refractivity contribution is 5.58. The Morgan fingerprint density at radius 2 is 2.21 bits per heavy atom. The van der Waals surface area contributed by atoms with Gasteiger partial charge in [-0.25, -0.2) is 0 Å². The molecular formula is C16H25N3. The lowest BCUT2D eigenvalue weighted by Gasteiger charge is -2.27. The number of nitrogens with two attached hydrogens (primary N) is 1. The minimum atomic E-state index is 0.566. The minimum Gasteiger partial charge on any atom is -0.374 e. The molecule has 0 saturated heterocycles. The van der Waals surface area contributed by atoms with E-state index in [0.717, 1.165) is 25.6 Å². The molecule has 0 radical (unpaired) electrons. The maximum atomic E-state index is 5.93. The summed E-state index contributed by atoms with van der Waals surface area (Å²) in [5.41, 5.74) is 10.3. The topological polar surface area (TPSA) is 32.5 Å². The van der Waals surface area contributed by atoms with Gasteiger partial charge in [-0.15, -0.1) is 0 Å². The van der Waals surface area contributed by atoms with Crippen molar-refractivity contribution in [3.8, 4) is 0 Å². The lowest BCUT2D eigenvalue weighted by Crippen LogP contribution is -2.39. The molecule has 2 aliphatic rings. The van der Waals surface area contributed by atoms with E-state index >= 15 is 0 Å². The molecule has 19 heavy (non-hydrogen) atoms. The number of benzene rings is 1. The van der Waals surface area contributed by atoms with Crippen LogP contribution in [0.2, 0.25) is 0 Å². The monoisotopic (exact) mass is 259 g/mol. The van der Waals surface area contributed by atoms with E-state index in [0.29, 0.717) is 6.04 Å². The number of anilines is 1. The Bertz CT molecular complexity index is 453. The molecule has 1 aliphatic carbocycles. The summed E-state index contributed by atoms with van der Waals surface area (Å²) in [4.78, 5) is 4.79. The van der Waals surface area contributed by atoms with Crippen LogP contribution in [-0.4, -0.2) is 38.1 Å². The highest BCUT2D eigenvalue weighted by atomic mass is 15.1. The zero-order valence-electron chi connectivity index (χ0n) is 12.1. The van der Waals surface area contributed by atoms with Crippen LogP contribution in [0.5, 0.6) is 0 Å². The van der Waals surface area contributed by atoms with Crippen LogP contribution in [0, 0.1) is 5.92 Å². The van der Waals surface area contributed by atoms with Gasteiger partial charge in [0.1, 0.15) is 0 Å². The van der Waals surface area contributed by atoms with Gasteiger partial charge in [-0.05, 0) is 49.4 Å². The van der Waals surface area contributed by atoms with E-state index in [4.69, 9.17) is 5.73 Å². The Balaban J connectivity index is 1.69. The van der Waals surface area contributed by atoms with Gasteiger partial charge in [-0.1, -0.05) is 12.1 Å². The van der Waals surface area contributed by atoms with Gasteiger partial charge in [0.2, 0.25) is 0 Å². The van der Waals surface area contributed by atoms with E-state index in [1.807, 2.05) is 0 Å². The molecule has 1 unspecified atom stereocenters. The van der Waals surface area contributed by atoms with Gasteiger partial charge in [0, 0.05) is 38.4 Å². The number of fused-ring (bicyclic) bond motifs is 1. The maximum absolute atomic E-state index is 5.93. The zero-order chi connectivity index (χ0) is 13.4. The number of hydrogen-bond donors (Lipinski definition) is 1. The van der Waals surface area contributed by atoms with Crippen molar-refractivity contribution in [2.45, 2.75) is 31.8 Å². The second-order valence-corrected chi connectivity index (χ2v) is 6.19. The molecule has 0 aromatic heterocycles. The van der Waals surface area contributed by atoms with E-state index in [1.165, 1.54) is 36.1 Å². The van der Waals surface area contributed by atoms with Crippen LogP contribution in [0.3, 0.4) is 0 Å². The third kappa shape index (κ3) is 2.63. The van der Waals surface area contributed by atoms with Crippen molar-refractivity contribution >= 4 is 5.69 Å². The SMILES string of the molecule is CN1CCc2cc(CN(C)C(CN)C3CC3)ccc21. The van der Waals surface area contributed by atoms with Crippen LogP contribution in [0.4, 0.5) is 5.69 Å². The highest BCUT2D eigenvalue weighted by Gasteiger charge is 2.32. The second kappa shape index (κ2) is 5.14. The number of hydrogen-bond acceptors (Lipinski definition) is 3. The fourth-order valence-electron chi connectivity index (χ4n) is 3.34. The molecule has 3 nitrogen and oxygen atoms in total. The summed E-state index contributed by atoms with van der Waals surface area (Å²) in [5, 5.41) is 0. The first-order valence-corrected chi connectivity index (χ1v) is 7.42. The Labute approximate surface area is 116 Å². The van der Waals surface area contributed by atoms with E-state index in [2.05, 4.69) is 42.1 Å². The molecule has 1 aromatic carbocycles. The molecule has 1 atom stereocenters. The summed E-state index contributed by atoms with van der Waals surface area (Å²) in [6, 6.07) is 7.50. The molecular weight excluding hydrogens is 234 g/mol. The van der Waals surface area contributed by atoms with Crippen LogP contribution in [0.25, 0.3) is 0 Å². The van der Waals surface area contributed by atoms with Crippen LogP contribution >= 0.6 is 0 Å². The minimum absolute atomic E-state index is 0.566. The molecule has 1 aliphatic heterocycles. The summed E-state index contributed by atoms with van der Waals surface area (Å²) in [7, 11) is 4.39. The van der Waals surface area contributed by atoms with Crippen LogP contribution < -0.4 is 10.6 Å². The van der Waals surface area contributed by atoms with E-state index in [1.54, 1.807) is 0 Å². The summed E-state index contributed by atoms with van der Waals surface area (Å²) in [6.45, 7) is 2.96. The normalized spacial score (nSPS) is 19.9. The quantitative estimate of drug-likeness (QED) is 0.876. The first-order chi connectivity index (χ1) is 9.19. The molecule has 2 N–H and O–H groups in total. The number of likely N-dealkylation sites (N-methyl/N-ethyl adjacent to an activating group) is 2. The third-order valence-electron chi connectivity index (χ3n) is 4.68. The Morgan fingerprint density at radius 3 is 2.89 bits per heavy atom. The maximum Gasteiger partial charge on any atom is 0.0397 e. The molecule has 3 heteroatoms. The Kier molecular flexibility index (Phi) is 3.50. The van der Waals surface area contributed by atoms with Gasteiger partial charge >= 0.3 is 0 Å². The number of nitrogens with zero attached hydrogens (tertiary/aromatic N) is 2. The summed E-state index contributed by atoms with van der Waals surface area (Å²) in [5.74, 6) is 0.843. The average Bonchev–Trinajstić information content (AvgIpc) is 3.15. The first kappa shape index (κ1) is 12.9. The molecule has 0 spiro atoms. The average molecular weight is 259 g/mol. The van der Waals surface area contributed by atoms with Crippen molar-refractivity contribution < 1.29 is 0 Å². The Morgan fingerprint density at radius 1 is 1.42 bits per heavy atom. The molecule has 1 heterocycles. The molecule has 0 bridgehead atoms. The van der Waals surface area contributed by atoms with E-state index < -0.39 is 0 Å². The predicted molar refractivity (Wildman–Crippen MR) is 80.4 cm³/mol. The summed E-state index contributed by atoms with van der Waals surface area (Å²) in [6.07, 6.45) is 3.91. The lowest BCUT2D eigenvalue weighted by atomic mass is 10.1. The van der Waals surface area contributed by atoms with Gasteiger partial charge in [0.05, 0.1) is 0 Å². The number of rotatable bonds is 5. The second-order valence-electron chi connectivity index (χ2n) is 6.19. The van der Waals surface area contributed by atoms with E-state index in [-0.39, 0.29) is 0 Å². The van der Waals surface area contributed by atoms with Gasteiger partial charge < -0.3 is 10.6 Å². The van der Waals surface area contributed by atoms with Crippen LogP contribution in [0.15, 0.2) is 18.2 Å². The first-order valence-electron chi connectivity index (χ1n) is 7.42. The van der Waals surface area contributed by atoms with Crippen molar-refractivity contribution in [3.63, 3.8) is 0 Å². The lowest BCUT2D eigenvalue weighted by molar-refractivity contribution is 0.215. The smallest absolute Gasteiger partial charge is 0.0397 e. The fourth-order valence-corrected chi connectivity index (χ4v) is 3.34. The van der Waals surface area contributed by atoms with Gasteiger partial charge in [0.15, 0.2) is 0 Å². The van der Waals surface area contributed by atoms with E-state index in [9.17, 15) is 0 Å². The summed E-state index contributed by atoms with van der Waals surface area (Å²) >= 11 is 0. The summed E-state index contributed by atoms with van der Waals surface area (Å²) < 4.78 is 0. The van der Waals surface area contributed by atoms with Gasteiger partial charge in [0.25, 0.3) is 0 Å². The van der Waals surface area contributed by atoms with Crippen LogP contribution in [0.1, 0.15) is 24.0 Å². The van der Waals surface area contributed by atoms with Gasteiger partial charge in [-0.3, -0.25) is 4.90 Å². The third-order valence-corrected chi connectivity index (χ3v) is 4.68. The van der Waals surface area contributed by atoms with Crippen molar-refractivity contribution in [1.82, 2.24) is 4.90 Å². The Hall–Kier alpha value is -1.06. The van der Waals surface area contributed by atoms with Crippen molar-refractivity contribution in [2.24, 2.45) is 11.7 Å². The molecule has 3 rings (SSSR count). The van der Waals surface area contributed by atoms with Crippen LogP contribution in [-0.2, 0) is 13.0 Å². The van der Waals surface area contributed by atoms with Crippen molar-refractivity contribution in [3.05, 3.63) is 29.3 Å². The molecule has 0 amide bonds. The molecule has 1 fully saturated rings. The van der Waals surface area contributed by atoms with Gasteiger partial charge in [-0.2, -0.15) is 0 Å². The standard InChI is InChI=1S/C16H25N3/c1-18-8-7-14-9-12(3-6-15(14)18)11-19(2)16(10-17)13-4-5-13/h3,6,9,13,16H,4-5,7-8,10-11,17H2,1-2H3. The zero-order valence-corrected chi connectivity index (χ0v) is 12.1. The predicted octanol–water partition coefficient (Wildman–Crippen LogP) is 1.85. The largest absolute Gasteiger partial charge is 0.374 e. The molecule has 1 saturated carbocycles.